The zero-order valence-electron chi connectivity index (χ0n) is 25.9. The molecule has 1 aliphatic rings. The number of hydrogen-bond acceptors (Lipinski definition) is 9. The number of amides is 2. The number of nitrogens with two attached hydrogens (primary N) is 1. The largest absolute Gasteiger partial charge is 0.496 e. The van der Waals surface area contributed by atoms with Crippen molar-refractivity contribution in [1.82, 2.24) is 0 Å². The summed E-state index contributed by atoms with van der Waals surface area (Å²) in [5.41, 5.74) is 9.09. The first kappa shape index (κ1) is 31.9. The summed E-state index contributed by atoms with van der Waals surface area (Å²) < 4.78 is 28.0. The maximum Gasteiger partial charge on any atom is 0.259 e. The molecule has 1 unspecified atom stereocenters. The third-order valence-electron chi connectivity index (χ3n) is 7.58. The number of hydrogen-bond donors (Lipinski definition) is 3. The van der Waals surface area contributed by atoms with Gasteiger partial charge in [0.2, 0.25) is 11.7 Å². The molecule has 4 aromatic rings. The van der Waals surface area contributed by atoms with Gasteiger partial charge in [-0.3, -0.25) is 14.4 Å². The third kappa shape index (κ3) is 6.74. The molecule has 0 saturated heterocycles. The van der Waals surface area contributed by atoms with Crippen LogP contribution in [0.15, 0.2) is 78.9 Å². The Morgan fingerprint density at radius 1 is 0.826 bits per heavy atom. The molecule has 0 bridgehead atoms. The van der Waals surface area contributed by atoms with Crippen LogP contribution in [0.3, 0.4) is 0 Å². The standard InChI is InChI=1S/C35H35N3O8/c1-42-27-14-13-23(38-35(41)25(36)15-20-9-6-5-7-10-20)17-24(27)34(40)37-22-12-8-11-21(16-22)28-18-26(39)31-29(46-28)19-30(43-2)32(44-3)33(31)45-4/h5-14,16-17,19,25,28H,15,18,36H2,1-4H3,(H,37,40)(H,38,41)/t25-,28?/m0/s1. The lowest BCUT2D eigenvalue weighted by atomic mass is 9.94. The molecule has 46 heavy (non-hydrogen) atoms. The summed E-state index contributed by atoms with van der Waals surface area (Å²) in [6.07, 6.45) is -0.227. The predicted octanol–water partition coefficient (Wildman–Crippen LogP) is 5.19. The normalized spacial score (nSPS) is 14.3. The Morgan fingerprint density at radius 3 is 2.24 bits per heavy atom. The van der Waals surface area contributed by atoms with Gasteiger partial charge in [0, 0.05) is 17.4 Å². The number of ketones is 1. The molecule has 4 aromatic carbocycles. The Morgan fingerprint density at radius 2 is 1.54 bits per heavy atom. The number of fused-ring (bicyclic) bond motifs is 1. The van der Waals surface area contributed by atoms with Crippen LogP contribution in [-0.2, 0) is 11.2 Å². The summed E-state index contributed by atoms with van der Waals surface area (Å²) in [5.74, 6) is 0.485. The molecule has 11 heteroatoms. The van der Waals surface area contributed by atoms with Crippen LogP contribution in [-0.4, -0.2) is 52.1 Å². The molecule has 1 heterocycles. The van der Waals surface area contributed by atoms with E-state index in [-0.39, 0.29) is 35.0 Å². The highest BCUT2D eigenvalue weighted by Gasteiger charge is 2.34. The molecule has 0 aliphatic carbocycles. The molecule has 4 N–H and O–H groups in total. The van der Waals surface area contributed by atoms with Gasteiger partial charge < -0.3 is 40.1 Å². The molecule has 0 saturated carbocycles. The Kier molecular flexibility index (Phi) is 9.73. The number of ether oxygens (including phenoxy) is 5. The van der Waals surface area contributed by atoms with E-state index < -0.39 is 18.1 Å². The third-order valence-corrected chi connectivity index (χ3v) is 7.58. The molecule has 2 atom stereocenters. The van der Waals surface area contributed by atoms with Crippen molar-refractivity contribution in [3.8, 4) is 28.7 Å². The second-order valence-electron chi connectivity index (χ2n) is 10.5. The number of nitrogens with one attached hydrogen (secondary N) is 2. The van der Waals surface area contributed by atoms with Gasteiger partial charge in [-0.2, -0.15) is 0 Å². The molecule has 0 fully saturated rings. The van der Waals surface area contributed by atoms with Gasteiger partial charge in [0.1, 0.15) is 23.2 Å². The number of methoxy groups -OCH3 is 4. The number of anilines is 2. The zero-order chi connectivity index (χ0) is 32.8. The fourth-order valence-corrected chi connectivity index (χ4v) is 5.32. The Balaban J connectivity index is 1.32. The van der Waals surface area contributed by atoms with Crippen molar-refractivity contribution in [2.24, 2.45) is 5.73 Å². The van der Waals surface area contributed by atoms with Crippen LogP contribution in [0.1, 0.15) is 44.4 Å². The van der Waals surface area contributed by atoms with E-state index in [1.165, 1.54) is 34.5 Å². The van der Waals surface area contributed by atoms with Crippen molar-refractivity contribution < 1.29 is 38.1 Å². The highest BCUT2D eigenvalue weighted by molar-refractivity contribution is 6.08. The summed E-state index contributed by atoms with van der Waals surface area (Å²) in [4.78, 5) is 39.6. The average molecular weight is 626 g/mol. The molecule has 0 spiro atoms. The zero-order valence-corrected chi connectivity index (χ0v) is 25.9. The van der Waals surface area contributed by atoms with Crippen LogP contribution in [0.5, 0.6) is 28.7 Å². The van der Waals surface area contributed by atoms with E-state index in [9.17, 15) is 14.4 Å². The lowest BCUT2D eigenvalue weighted by Gasteiger charge is -2.28. The van der Waals surface area contributed by atoms with E-state index in [1.54, 1.807) is 36.4 Å². The molecule has 11 nitrogen and oxygen atoms in total. The summed E-state index contributed by atoms with van der Waals surface area (Å²) in [5, 5.41) is 5.66. The van der Waals surface area contributed by atoms with Gasteiger partial charge in [-0.1, -0.05) is 42.5 Å². The van der Waals surface area contributed by atoms with Crippen LogP contribution in [0.25, 0.3) is 0 Å². The first-order chi connectivity index (χ1) is 22.3. The minimum Gasteiger partial charge on any atom is -0.496 e. The Labute approximate surface area is 266 Å². The molecule has 0 radical (unpaired) electrons. The first-order valence-electron chi connectivity index (χ1n) is 14.5. The van der Waals surface area contributed by atoms with Crippen LogP contribution in [0, 0.1) is 0 Å². The molecular weight excluding hydrogens is 590 g/mol. The van der Waals surface area contributed by atoms with Crippen molar-refractivity contribution in [2.75, 3.05) is 39.1 Å². The van der Waals surface area contributed by atoms with E-state index in [2.05, 4.69) is 10.6 Å². The van der Waals surface area contributed by atoms with E-state index in [1.807, 2.05) is 36.4 Å². The Bertz CT molecular complexity index is 1760. The Hall–Kier alpha value is -5.55. The minimum atomic E-state index is -0.783. The van der Waals surface area contributed by atoms with Crippen molar-refractivity contribution in [3.63, 3.8) is 0 Å². The van der Waals surface area contributed by atoms with Gasteiger partial charge in [-0.25, -0.2) is 0 Å². The summed E-state index contributed by atoms with van der Waals surface area (Å²) in [6, 6.07) is 22.1. The van der Waals surface area contributed by atoms with Gasteiger partial charge in [0.15, 0.2) is 17.3 Å². The second kappa shape index (κ2) is 14.0. The molecule has 2 amide bonds. The van der Waals surface area contributed by atoms with Crippen LogP contribution in [0.2, 0.25) is 0 Å². The number of Topliss-reactive ketones (excluding diaryl/α,β-unsaturated/α-hetero) is 1. The van der Waals surface area contributed by atoms with E-state index in [4.69, 9.17) is 29.4 Å². The maximum atomic E-state index is 13.5. The summed E-state index contributed by atoms with van der Waals surface area (Å²) in [7, 11) is 5.85. The highest BCUT2D eigenvalue weighted by atomic mass is 16.5. The second-order valence-corrected chi connectivity index (χ2v) is 10.5. The topological polar surface area (TPSA) is 147 Å². The van der Waals surface area contributed by atoms with Gasteiger partial charge in [0.25, 0.3) is 5.91 Å². The summed E-state index contributed by atoms with van der Waals surface area (Å²) in [6.45, 7) is 0. The lowest BCUT2D eigenvalue weighted by molar-refractivity contribution is -0.117. The fourth-order valence-electron chi connectivity index (χ4n) is 5.32. The highest BCUT2D eigenvalue weighted by Crippen LogP contribution is 2.49. The molecule has 1 aliphatic heterocycles. The van der Waals surface area contributed by atoms with Crippen LogP contribution in [0.4, 0.5) is 11.4 Å². The van der Waals surface area contributed by atoms with Crippen molar-refractivity contribution in [3.05, 3.63) is 101 Å². The van der Waals surface area contributed by atoms with E-state index >= 15 is 0 Å². The van der Waals surface area contributed by atoms with Gasteiger partial charge in [-0.15, -0.1) is 0 Å². The van der Waals surface area contributed by atoms with Crippen LogP contribution < -0.4 is 40.1 Å². The SMILES string of the molecule is COc1ccc(NC(=O)[C@@H](N)Cc2ccccc2)cc1C(=O)Nc1cccc(C2CC(=O)c3c(cc(OC)c(OC)c3OC)O2)c1. The van der Waals surface area contributed by atoms with E-state index in [0.29, 0.717) is 46.4 Å². The molecular formula is C35H35N3O8. The monoisotopic (exact) mass is 625 g/mol. The summed E-state index contributed by atoms with van der Waals surface area (Å²) >= 11 is 0. The molecule has 5 rings (SSSR count). The number of benzene rings is 4. The first-order valence-corrected chi connectivity index (χ1v) is 14.5. The van der Waals surface area contributed by atoms with Gasteiger partial charge >= 0.3 is 0 Å². The number of carbonyl (C=O) groups excluding carboxylic acids is 3. The minimum absolute atomic E-state index is 0.0399. The fraction of sp³-hybridized carbons (Fsp3) is 0.229. The van der Waals surface area contributed by atoms with Gasteiger partial charge in [-0.05, 0) is 47.9 Å². The van der Waals surface area contributed by atoms with Crippen molar-refractivity contribution in [2.45, 2.75) is 25.0 Å². The smallest absolute Gasteiger partial charge is 0.259 e. The predicted molar refractivity (Wildman–Crippen MR) is 173 cm³/mol. The maximum absolute atomic E-state index is 13.5. The average Bonchev–Trinajstić information content (AvgIpc) is 3.07. The van der Waals surface area contributed by atoms with Crippen molar-refractivity contribution in [1.29, 1.82) is 0 Å². The van der Waals surface area contributed by atoms with Crippen LogP contribution >= 0.6 is 0 Å². The van der Waals surface area contributed by atoms with E-state index in [0.717, 1.165) is 5.56 Å². The number of rotatable bonds is 11. The quantitative estimate of drug-likeness (QED) is 0.205. The molecule has 0 aromatic heterocycles. The number of carbonyl (C=O) groups is 3. The molecule has 238 valence electrons. The van der Waals surface area contributed by atoms with Crippen molar-refractivity contribution >= 4 is 29.0 Å². The lowest BCUT2D eigenvalue weighted by Crippen LogP contribution is -2.37. The van der Waals surface area contributed by atoms with Gasteiger partial charge in [0.05, 0.1) is 46.5 Å².